The van der Waals surface area contributed by atoms with Crippen molar-refractivity contribution in [3.63, 3.8) is 0 Å². The largest absolute Gasteiger partial charge is 0.464 e. The van der Waals surface area contributed by atoms with E-state index in [2.05, 4.69) is 14.7 Å². The summed E-state index contributed by atoms with van der Waals surface area (Å²) >= 11 is 0. The third kappa shape index (κ3) is 2.36. The summed E-state index contributed by atoms with van der Waals surface area (Å²) < 4.78 is 4.60. The highest BCUT2D eigenvalue weighted by atomic mass is 16.5. The molecule has 1 aliphatic rings. The first-order chi connectivity index (χ1) is 8.26. The Balaban J connectivity index is 2.23. The minimum atomic E-state index is -0.501. The van der Waals surface area contributed by atoms with Gasteiger partial charge in [-0.05, 0) is 12.8 Å². The number of methoxy groups -OCH3 is 1. The van der Waals surface area contributed by atoms with Crippen LogP contribution in [-0.4, -0.2) is 47.3 Å². The van der Waals surface area contributed by atoms with Gasteiger partial charge in [0.2, 0.25) is 0 Å². The standard InChI is InChI=1S/C11H15N3O3/c1-17-11(16)9-5-12-6-10(13-9)14-4-2-3-8(14)7-15/h5-6,8,15H,2-4,7H2,1H3. The summed E-state index contributed by atoms with van der Waals surface area (Å²) in [5.74, 6) is 0.114. The Bertz CT molecular complexity index is 411. The molecule has 1 fully saturated rings. The summed E-state index contributed by atoms with van der Waals surface area (Å²) in [6.07, 6.45) is 4.91. The van der Waals surface area contributed by atoms with Crippen molar-refractivity contribution in [2.24, 2.45) is 0 Å². The molecule has 0 aliphatic carbocycles. The van der Waals surface area contributed by atoms with Gasteiger partial charge >= 0.3 is 5.97 Å². The molecule has 1 aromatic heterocycles. The lowest BCUT2D eigenvalue weighted by Gasteiger charge is -2.23. The molecule has 1 atom stereocenters. The van der Waals surface area contributed by atoms with Crippen LogP contribution in [0.25, 0.3) is 0 Å². The lowest BCUT2D eigenvalue weighted by molar-refractivity contribution is 0.0593. The van der Waals surface area contributed by atoms with Crippen molar-refractivity contribution in [3.8, 4) is 0 Å². The van der Waals surface area contributed by atoms with Crippen molar-refractivity contribution in [3.05, 3.63) is 18.1 Å². The van der Waals surface area contributed by atoms with Crippen LogP contribution in [0.3, 0.4) is 0 Å². The average Bonchev–Trinajstić information content (AvgIpc) is 2.86. The zero-order valence-corrected chi connectivity index (χ0v) is 9.67. The molecule has 6 heteroatoms. The number of carbonyl (C=O) groups excluding carboxylic acids is 1. The molecule has 0 spiro atoms. The van der Waals surface area contributed by atoms with E-state index >= 15 is 0 Å². The Morgan fingerprint density at radius 2 is 2.47 bits per heavy atom. The van der Waals surface area contributed by atoms with Gasteiger partial charge in [0, 0.05) is 6.54 Å². The van der Waals surface area contributed by atoms with Gasteiger partial charge in [-0.2, -0.15) is 0 Å². The van der Waals surface area contributed by atoms with Gasteiger partial charge in [0.05, 0.1) is 32.2 Å². The molecule has 1 saturated heterocycles. The molecule has 2 heterocycles. The van der Waals surface area contributed by atoms with Gasteiger partial charge in [-0.3, -0.25) is 4.98 Å². The van der Waals surface area contributed by atoms with E-state index in [0.717, 1.165) is 19.4 Å². The Morgan fingerprint density at radius 3 is 3.18 bits per heavy atom. The van der Waals surface area contributed by atoms with Crippen LogP contribution in [0.5, 0.6) is 0 Å². The van der Waals surface area contributed by atoms with Gasteiger partial charge in [0.15, 0.2) is 5.69 Å². The number of aliphatic hydroxyl groups is 1. The summed E-state index contributed by atoms with van der Waals surface area (Å²) in [4.78, 5) is 21.5. The van der Waals surface area contributed by atoms with Gasteiger partial charge in [-0.15, -0.1) is 0 Å². The molecule has 6 nitrogen and oxygen atoms in total. The molecule has 0 radical (unpaired) electrons. The van der Waals surface area contributed by atoms with Crippen molar-refractivity contribution in [2.75, 3.05) is 25.2 Å². The van der Waals surface area contributed by atoms with Crippen molar-refractivity contribution >= 4 is 11.8 Å². The molecule has 1 aliphatic heterocycles. The number of hydrogen-bond acceptors (Lipinski definition) is 6. The van der Waals surface area contributed by atoms with E-state index in [0.29, 0.717) is 5.82 Å². The summed E-state index contributed by atoms with van der Waals surface area (Å²) in [7, 11) is 1.31. The lowest BCUT2D eigenvalue weighted by atomic mass is 10.2. The van der Waals surface area contributed by atoms with E-state index in [1.165, 1.54) is 13.3 Å². The first-order valence-electron chi connectivity index (χ1n) is 5.54. The van der Waals surface area contributed by atoms with Crippen LogP contribution in [-0.2, 0) is 4.74 Å². The molecule has 92 valence electrons. The average molecular weight is 237 g/mol. The molecule has 0 aromatic carbocycles. The summed E-state index contributed by atoms with van der Waals surface area (Å²) in [5, 5.41) is 9.24. The van der Waals surface area contributed by atoms with E-state index in [-0.39, 0.29) is 18.3 Å². The summed E-state index contributed by atoms with van der Waals surface area (Å²) in [5.41, 5.74) is 0.189. The number of nitrogens with zero attached hydrogens (tertiary/aromatic N) is 3. The van der Waals surface area contributed by atoms with Crippen LogP contribution in [0.15, 0.2) is 12.4 Å². The van der Waals surface area contributed by atoms with E-state index in [1.807, 2.05) is 4.90 Å². The normalized spacial score (nSPS) is 19.4. The fourth-order valence-electron chi connectivity index (χ4n) is 2.02. The Hall–Kier alpha value is -1.69. The zero-order valence-electron chi connectivity index (χ0n) is 9.67. The fraction of sp³-hybridized carbons (Fsp3) is 0.545. The van der Waals surface area contributed by atoms with Gasteiger partial charge in [-0.1, -0.05) is 0 Å². The predicted molar refractivity (Wildman–Crippen MR) is 60.8 cm³/mol. The van der Waals surface area contributed by atoms with E-state index < -0.39 is 5.97 Å². The number of aromatic nitrogens is 2. The molecule has 0 saturated carbocycles. The number of aliphatic hydroxyl groups excluding tert-OH is 1. The topological polar surface area (TPSA) is 75.5 Å². The molecule has 1 N–H and O–H groups in total. The van der Waals surface area contributed by atoms with E-state index in [1.54, 1.807) is 6.20 Å². The van der Waals surface area contributed by atoms with Crippen LogP contribution in [0, 0.1) is 0 Å². The second-order valence-corrected chi connectivity index (χ2v) is 3.93. The van der Waals surface area contributed by atoms with Crippen LogP contribution < -0.4 is 4.90 Å². The van der Waals surface area contributed by atoms with Gasteiger partial charge in [0.1, 0.15) is 5.82 Å². The Morgan fingerprint density at radius 1 is 1.65 bits per heavy atom. The molecule has 17 heavy (non-hydrogen) atoms. The maximum atomic E-state index is 11.3. The number of hydrogen-bond donors (Lipinski definition) is 1. The first kappa shape index (κ1) is 11.8. The van der Waals surface area contributed by atoms with Crippen molar-refractivity contribution in [1.82, 2.24) is 9.97 Å². The second-order valence-electron chi connectivity index (χ2n) is 3.93. The summed E-state index contributed by atoms with van der Waals surface area (Å²) in [6.45, 7) is 0.911. The molecule has 0 bridgehead atoms. The highest BCUT2D eigenvalue weighted by Gasteiger charge is 2.25. The van der Waals surface area contributed by atoms with Gasteiger partial charge < -0.3 is 14.7 Å². The van der Waals surface area contributed by atoms with Crippen LogP contribution in [0.2, 0.25) is 0 Å². The maximum absolute atomic E-state index is 11.3. The third-order valence-electron chi connectivity index (χ3n) is 2.90. The fourth-order valence-corrected chi connectivity index (χ4v) is 2.02. The molecular weight excluding hydrogens is 222 g/mol. The highest BCUT2D eigenvalue weighted by Crippen LogP contribution is 2.22. The smallest absolute Gasteiger partial charge is 0.358 e. The van der Waals surface area contributed by atoms with Crippen LogP contribution in [0.4, 0.5) is 5.82 Å². The number of esters is 1. The predicted octanol–water partition coefficient (Wildman–Crippen LogP) is 0.224. The third-order valence-corrected chi connectivity index (χ3v) is 2.90. The maximum Gasteiger partial charge on any atom is 0.358 e. The summed E-state index contributed by atoms with van der Waals surface area (Å²) in [6, 6.07) is 0.0668. The monoisotopic (exact) mass is 237 g/mol. The quantitative estimate of drug-likeness (QED) is 0.758. The SMILES string of the molecule is COC(=O)c1cncc(N2CCCC2CO)n1. The van der Waals surface area contributed by atoms with Gasteiger partial charge in [0.25, 0.3) is 0 Å². The number of ether oxygens (including phenoxy) is 1. The first-order valence-corrected chi connectivity index (χ1v) is 5.54. The second kappa shape index (κ2) is 5.09. The highest BCUT2D eigenvalue weighted by molar-refractivity contribution is 5.87. The van der Waals surface area contributed by atoms with Crippen LogP contribution in [0.1, 0.15) is 23.3 Å². The van der Waals surface area contributed by atoms with E-state index in [4.69, 9.17) is 0 Å². The van der Waals surface area contributed by atoms with E-state index in [9.17, 15) is 9.90 Å². The Kier molecular flexibility index (Phi) is 3.53. The minimum Gasteiger partial charge on any atom is -0.464 e. The van der Waals surface area contributed by atoms with Crippen LogP contribution >= 0.6 is 0 Å². The number of anilines is 1. The van der Waals surface area contributed by atoms with Crippen molar-refractivity contribution in [1.29, 1.82) is 0 Å². The number of rotatable bonds is 3. The molecule has 0 amide bonds. The number of carbonyl (C=O) groups is 1. The minimum absolute atomic E-state index is 0.0668. The lowest BCUT2D eigenvalue weighted by Crippen LogP contribution is -2.33. The molecular formula is C11H15N3O3. The van der Waals surface area contributed by atoms with Crippen molar-refractivity contribution < 1.29 is 14.6 Å². The zero-order chi connectivity index (χ0) is 12.3. The molecule has 1 aromatic rings. The molecule has 2 rings (SSSR count). The Labute approximate surface area is 99.2 Å². The van der Waals surface area contributed by atoms with Crippen molar-refractivity contribution in [2.45, 2.75) is 18.9 Å². The molecule has 1 unspecified atom stereocenters. The van der Waals surface area contributed by atoms with Gasteiger partial charge in [-0.25, -0.2) is 9.78 Å².